The van der Waals surface area contributed by atoms with Crippen LogP contribution in [-0.2, 0) is 11.2 Å². The van der Waals surface area contributed by atoms with Gasteiger partial charge in [0.15, 0.2) is 5.82 Å². The molecule has 0 radical (unpaired) electrons. The van der Waals surface area contributed by atoms with Crippen LogP contribution < -0.4 is 0 Å². The molecule has 3 rings (SSSR count). The fourth-order valence-corrected chi connectivity index (χ4v) is 4.32. The van der Waals surface area contributed by atoms with Gasteiger partial charge in [0.2, 0.25) is 11.8 Å². The zero-order valence-corrected chi connectivity index (χ0v) is 15.9. The normalized spacial score (nSPS) is 24.6. The Morgan fingerprint density at radius 1 is 1.24 bits per heavy atom. The standard InChI is InChI=1S/C19H32N4O2/c1-4-22-12-6-8-15(22)16-9-7-13-23(16)18(24)11-5-10-17-20-19(14(2)3)21-25-17/h14-16H,4-13H2,1-3H3/t15-,16+/m0/s1. The molecule has 6 nitrogen and oxygen atoms in total. The molecule has 3 heterocycles. The van der Waals surface area contributed by atoms with Crippen molar-refractivity contribution in [3.63, 3.8) is 0 Å². The first-order valence-electron chi connectivity index (χ1n) is 9.96. The van der Waals surface area contributed by atoms with Gasteiger partial charge in [-0.25, -0.2) is 0 Å². The van der Waals surface area contributed by atoms with Gasteiger partial charge in [-0.3, -0.25) is 9.69 Å². The number of amides is 1. The largest absolute Gasteiger partial charge is 0.339 e. The van der Waals surface area contributed by atoms with E-state index in [0.29, 0.717) is 36.7 Å². The van der Waals surface area contributed by atoms with Crippen LogP contribution in [-0.4, -0.2) is 57.6 Å². The summed E-state index contributed by atoms with van der Waals surface area (Å²) in [5.74, 6) is 1.98. The molecule has 0 spiro atoms. The van der Waals surface area contributed by atoms with E-state index in [4.69, 9.17) is 4.52 Å². The van der Waals surface area contributed by atoms with Crippen LogP contribution in [0.1, 0.15) is 76.9 Å². The molecule has 2 aliphatic rings. The lowest BCUT2D eigenvalue weighted by Crippen LogP contribution is -2.48. The van der Waals surface area contributed by atoms with Gasteiger partial charge in [0.05, 0.1) is 0 Å². The van der Waals surface area contributed by atoms with E-state index in [1.807, 2.05) is 13.8 Å². The van der Waals surface area contributed by atoms with E-state index in [9.17, 15) is 4.79 Å². The second-order valence-corrected chi connectivity index (χ2v) is 7.69. The number of aromatic nitrogens is 2. The van der Waals surface area contributed by atoms with Crippen LogP contribution in [0.25, 0.3) is 0 Å². The molecule has 0 saturated carbocycles. The Morgan fingerprint density at radius 3 is 2.72 bits per heavy atom. The van der Waals surface area contributed by atoms with Crippen LogP contribution in [0.5, 0.6) is 0 Å². The monoisotopic (exact) mass is 348 g/mol. The number of likely N-dealkylation sites (tertiary alicyclic amines) is 2. The maximum Gasteiger partial charge on any atom is 0.226 e. The van der Waals surface area contributed by atoms with Gasteiger partial charge in [-0.1, -0.05) is 25.9 Å². The Morgan fingerprint density at radius 2 is 2.00 bits per heavy atom. The van der Waals surface area contributed by atoms with E-state index in [1.165, 1.54) is 19.4 Å². The summed E-state index contributed by atoms with van der Waals surface area (Å²) in [5, 5.41) is 3.99. The SMILES string of the molecule is CCN1CCC[C@H]1[C@H]1CCCN1C(=O)CCCc1nc(C(C)C)no1. The summed E-state index contributed by atoms with van der Waals surface area (Å²) >= 11 is 0. The lowest BCUT2D eigenvalue weighted by atomic mass is 10.0. The number of rotatable bonds is 7. The average molecular weight is 348 g/mol. The predicted molar refractivity (Wildman–Crippen MR) is 96.3 cm³/mol. The Kier molecular flexibility index (Phi) is 6.10. The molecule has 0 bridgehead atoms. The van der Waals surface area contributed by atoms with Crippen molar-refractivity contribution < 1.29 is 9.32 Å². The number of carbonyl (C=O) groups is 1. The summed E-state index contributed by atoms with van der Waals surface area (Å²) in [6.07, 6.45) is 6.86. The number of aryl methyl sites for hydroxylation is 1. The third kappa shape index (κ3) is 4.22. The van der Waals surface area contributed by atoms with Gasteiger partial charge >= 0.3 is 0 Å². The van der Waals surface area contributed by atoms with E-state index < -0.39 is 0 Å². The highest BCUT2D eigenvalue weighted by atomic mass is 16.5. The summed E-state index contributed by atoms with van der Waals surface area (Å²) in [7, 11) is 0. The molecule has 0 unspecified atom stereocenters. The summed E-state index contributed by atoms with van der Waals surface area (Å²) in [6, 6.07) is 0.992. The van der Waals surface area contributed by atoms with Crippen molar-refractivity contribution in [2.75, 3.05) is 19.6 Å². The molecule has 2 atom stereocenters. The summed E-state index contributed by atoms with van der Waals surface area (Å²) < 4.78 is 5.27. The third-order valence-electron chi connectivity index (χ3n) is 5.67. The molecule has 140 valence electrons. The minimum atomic E-state index is 0.275. The summed E-state index contributed by atoms with van der Waals surface area (Å²) in [6.45, 7) is 9.54. The number of carbonyl (C=O) groups excluding carboxylic acids is 1. The molecule has 0 aliphatic carbocycles. The van der Waals surface area contributed by atoms with Gasteiger partial charge < -0.3 is 9.42 Å². The van der Waals surface area contributed by atoms with Crippen LogP contribution >= 0.6 is 0 Å². The Labute approximate surface area is 150 Å². The van der Waals surface area contributed by atoms with Crippen molar-refractivity contribution >= 4 is 5.91 Å². The molecular formula is C19H32N4O2. The number of likely N-dealkylation sites (N-methyl/N-ethyl adjacent to an activating group) is 1. The molecule has 25 heavy (non-hydrogen) atoms. The molecule has 2 aliphatic heterocycles. The van der Waals surface area contributed by atoms with Crippen molar-refractivity contribution in [2.24, 2.45) is 0 Å². The van der Waals surface area contributed by atoms with E-state index in [2.05, 4.69) is 26.9 Å². The molecule has 0 N–H and O–H groups in total. The highest BCUT2D eigenvalue weighted by molar-refractivity contribution is 5.76. The van der Waals surface area contributed by atoms with Gasteiger partial charge in [0.1, 0.15) is 0 Å². The van der Waals surface area contributed by atoms with Gasteiger partial charge in [-0.15, -0.1) is 0 Å². The maximum atomic E-state index is 12.8. The maximum absolute atomic E-state index is 12.8. The predicted octanol–water partition coefficient (Wildman–Crippen LogP) is 2.99. The number of nitrogens with zero attached hydrogens (tertiary/aromatic N) is 4. The number of hydrogen-bond donors (Lipinski definition) is 0. The highest BCUT2D eigenvalue weighted by Gasteiger charge is 2.38. The topological polar surface area (TPSA) is 62.5 Å². The Bertz CT molecular complexity index is 572. The molecule has 1 amide bonds. The summed E-state index contributed by atoms with van der Waals surface area (Å²) in [5.41, 5.74) is 0. The van der Waals surface area contributed by atoms with E-state index in [0.717, 1.165) is 38.2 Å². The Hall–Kier alpha value is -1.43. The molecule has 1 aromatic heterocycles. The summed E-state index contributed by atoms with van der Waals surface area (Å²) in [4.78, 5) is 21.9. The molecule has 2 saturated heterocycles. The van der Waals surface area contributed by atoms with Crippen molar-refractivity contribution in [2.45, 2.75) is 83.7 Å². The fraction of sp³-hybridized carbons (Fsp3) is 0.842. The van der Waals surface area contributed by atoms with E-state index >= 15 is 0 Å². The lowest BCUT2D eigenvalue weighted by molar-refractivity contribution is -0.133. The van der Waals surface area contributed by atoms with Crippen LogP contribution in [0, 0.1) is 0 Å². The molecular weight excluding hydrogens is 316 g/mol. The van der Waals surface area contributed by atoms with Gasteiger partial charge in [0.25, 0.3) is 0 Å². The first-order chi connectivity index (χ1) is 12.1. The molecule has 2 fully saturated rings. The zero-order chi connectivity index (χ0) is 17.8. The third-order valence-corrected chi connectivity index (χ3v) is 5.67. The van der Waals surface area contributed by atoms with Crippen molar-refractivity contribution in [3.8, 4) is 0 Å². The number of hydrogen-bond acceptors (Lipinski definition) is 5. The molecule has 0 aromatic carbocycles. The quantitative estimate of drug-likeness (QED) is 0.758. The van der Waals surface area contributed by atoms with Crippen LogP contribution in [0.4, 0.5) is 0 Å². The first-order valence-corrected chi connectivity index (χ1v) is 9.96. The molecule has 1 aromatic rings. The van der Waals surface area contributed by atoms with Crippen molar-refractivity contribution in [1.29, 1.82) is 0 Å². The second kappa shape index (κ2) is 8.30. The minimum absolute atomic E-state index is 0.275. The Balaban J connectivity index is 1.50. The lowest BCUT2D eigenvalue weighted by Gasteiger charge is -2.34. The highest BCUT2D eigenvalue weighted by Crippen LogP contribution is 2.30. The smallest absolute Gasteiger partial charge is 0.226 e. The van der Waals surface area contributed by atoms with Gasteiger partial charge in [-0.05, 0) is 45.2 Å². The van der Waals surface area contributed by atoms with Crippen molar-refractivity contribution in [1.82, 2.24) is 19.9 Å². The van der Waals surface area contributed by atoms with E-state index in [-0.39, 0.29) is 5.92 Å². The van der Waals surface area contributed by atoms with E-state index in [1.54, 1.807) is 0 Å². The minimum Gasteiger partial charge on any atom is -0.339 e. The van der Waals surface area contributed by atoms with Crippen molar-refractivity contribution in [3.05, 3.63) is 11.7 Å². The first kappa shape index (κ1) is 18.4. The fourth-order valence-electron chi connectivity index (χ4n) is 4.32. The van der Waals surface area contributed by atoms with Gasteiger partial charge in [-0.2, -0.15) is 4.98 Å². The average Bonchev–Trinajstić information content (AvgIpc) is 3.33. The van der Waals surface area contributed by atoms with Crippen LogP contribution in [0.15, 0.2) is 4.52 Å². The van der Waals surface area contributed by atoms with Crippen LogP contribution in [0.2, 0.25) is 0 Å². The van der Waals surface area contributed by atoms with Crippen LogP contribution in [0.3, 0.4) is 0 Å². The van der Waals surface area contributed by atoms with Gasteiger partial charge in [0, 0.05) is 37.4 Å². The second-order valence-electron chi connectivity index (χ2n) is 7.69. The zero-order valence-electron chi connectivity index (χ0n) is 15.9. The molecule has 6 heteroatoms.